The third-order valence-corrected chi connectivity index (χ3v) is 10.7. The number of fused-ring (bicyclic) bond motifs is 1. The summed E-state index contributed by atoms with van der Waals surface area (Å²) in [5.41, 5.74) is 17.1. The van der Waals surface area contributed by atoms with Crippen LogP contribution >= 0.6 is 0 Å². The minimum absolute atomic E-state index is 0.0425. The molecule has 0 saturated heterocycles. The summed E-state index contributed by atoms with van der Waals surface area (Å²) in [6.45, 7) is 9.44. The van der Waals surface area contributed by atoms with Gasteiger partial charge in [-0.05, 0) is 61.4 Å². The maximum Gasteiger partial charge on any atom is 0.305 e. The number of nitrogens with two attached hydrogens (primary N) is 3. The van der Waals surface area contributed by atoms with E-state index in [1.54, 1.807) is 58.2 Å². The lowest BCUT2D eigenvalue weighted by Gasteiger charge is -2.30. The van der Waals surface area contributed by atoms with Crippen LogP contribution in [0.5, 0.6) is 5.75 Å². The number of aromatic hydroxyl groups is 1. The number of carbonyl (C=O) groups excluding carboxylic acids is 8. The zero-order chi connectivity index (χ0) is 48.8. The van der Waals surface area contributed by atoms with E-state index in [0.717, 1.165) is 0 Å². The lowest BCUT2D eigenvalue weighted by Crippen LogP contribution is -2.61. The number of aromatic nitrogens is 1. The lowest BCUT2D eigenvalue weighted by molar-refractivity contribution is -0.141. The second-order valence-corrected chi connectivity index (χ2v) is 17.0. The fraction of sp³-hybridized carbons (Fsp3) is 0.477. The molecule has 354 valence electrons. The number of carboxylic acid groups (broad SMARTS) is 1. The molecule has 0 spiro atoms. The van der Waals surface area contributed by atoms with Crippen LogP contribution in [0.15, 0.2) is 54.7 Å². The fourth-order valence-electron chi connectivity index (χ4n) is 6.67. The first kappa shape index (κ1) is 52.3. The highest BCUT2D eigenvalue weighted by Gasteiger charge is 2.36. The molecule has 3 aromatic rings. The molecule has 8 amide bonds. The van der Waals surface area contributed by atoms with Gasteiger partial charge in [0.05, 0.1) is 12.0 Å². The number of nitrogens with one attached hydrogen (secondary N) is 7. The van der Waals surface area contributed by atoms with Gasteiger partial charge in [0, 0.05) is 36.4 Å². The van der Waals surface area contributed by atoms with Crippen LogP contribution in [0.2, 0.25) is 0 Å². The van der Waals surface area contributed by atoms with E-state index in [1.807, 2.05) is 0 Å². The maximum absolute atomic E-state index is 14.3. The molecule has 15 N–H and O–H groups in total. The monoisotopic (exact) mass is 906 g/mol. The van der Waals surface area contributed by atoms with Crippen molar-refractivity contribution in [3.05, 3.63) is 65.9 Å². The van der Waals surface area contributed by atoms with Crippen LogP contribution in [0.3, 0.4) is 0 Å². The summed E-state index contributed by atoms with van der Waals surface area (Å²) in [5.74, 6) is -9.50. The van der Waals surface area contributed by atoms with Crippen LogP contribution < -0.4 is 49.1 Å². The van der Waals surface area contributed by atoms with E-state index in [1.165, 1.54) is 38.1 Å². The van der Waals surface area contributed by atoms with E-state index < -0.39 is 120 Å². The summed E-state index contributed by atoms with van der Waals surface area (Å²) in [6, 6.07) is 4.40. The molecular formula is C44H62N10O11. The molecule has 1 aromatic heterocycles. The summed E-state index contributed by atoms with van der Waals surface area (Å²) in [5, 5.41) is 35.4. The zero-order valence-electron chi connectivity index (χ0n) is 37.4. The van der Waals surface area contributed by atoms with Crippen molar-refractivity contribution >= 4 is 64.1 Å². The van der Waals surface area contributed by atoms with Crippen LogP contribution in [0.1, 0.15) is 78.4 Å². The Morgan fingerprint density at radius 2 is 1.23 bits per heavy atom. The SMILES string of the molecule is CC[C@H](C)[C@H](NC(=O)[C@H](CCC(N)=O)NC(=O)[C@H](Cc1c[nH]c2ccccc12)NC(=O)[C@H](CC(=O)O)NC(=O)C(C)(C)N)C(=O)N[C@@H](Cc1ccc(O)cc1)C(=O)N[C@H](C(N)=O)C(C)C. The van der Waals surface area contributed by atoms with Gasteiger partial charge in [-0.15, -0.1) is 0 Å². The summed E-state index contributed by atoms with van der Waals surface area (Å²) in [7, 11) is 0. The number of carbonyl (C=O) groups is 9. The van der Waals surface area contributed by atoms with E-state index in [2.05, 4.69) is 36.9 Å². The minimum Gasteiger partial charge on any atom is -0.508 e. The Hall–Kier alpha value is -7.03. The van der Waals surface area contributed by atoms with E-state index >= 15 is 0 Å². The first-order valence-electron chi connectivity index (χ1n) is 21.2. The minimum atomic E-state index is -1.68. The van der Waals surface area contributed by atoms with Crippen molar-refractivity contribution in [2.45, 2.75) is 122 Å². The zero-order valence-corrected chi connectivity index (χ0v) is 37.4. The second kappa shape index (κ2) is 23.6. The third kappa shape index (κ3) is 15.9. The van der Waals surface area contributed by atoms with Crippen LogP contribution in [0.4, 0.5) is 0 Å². The normalized spacial score (nSPS) is 14.6. The molecule has 0 unspecified atom stereocenters. The van der Waals surface area contributed by atoms with Gasteiger partial charge < -0.3 is 64.3 Å². The molecule has 7 atom stereocenters. The van der Waals surface area contributed by atoms with Crippen molar-refractivity contribution in [2.24, 2.45) is 29.0 Å². The van der Waals surface area contributed by atoms with Gasteiger partial charge in [-0.2, -0.15) is 0 Å². The first-order chi connectivity index (χ1) is 30.4. The Morgan fingerprint density at radius 1 is 0.692 bits per heavy atom. The number of hydrogen-bond acceptors (Lipinski definition) is 11. The average Bonchev–Trinajstić information content (AvgIpc) is 3.64. The van der Waals surface area contributed by atoms with Crippen molar-refractivity contribution in [3.8, 4) is 5.75 Å². The number of carboxylic acids is 1. The number of phenolic OH excluding ortho intramolecular Hbond substituents is 1. The number of phenols is 1. The standard InChI is InChI=1S/C44H62N10O11/c1-7-23(4)36(42(64)51-30(18-24-12-14-26(55)15-13-24)41(63)53-35(22(2)3)37(46)59)54-38(60)29(16-17-33(45)56)49-39(61)31(19-25-21-48-28-11-9-8-10-27(25)28)50-40(62)32(20-34(57)58)52-43(65)44(5,6)47/h8-15,21-23,29-32,35-36,48,55H,7,16-20,47H2,1-6H3,(H2,45,56)(H2,46,59)(H,49,61)(H,50,62)(H,51,64)(H,52,65)(H,53,63)(H,54,60)(H,57,58)/t23-,29-,30-,31-,32-,35-,36-/m0/s1. The molecule has 3 rings (SSSR count). The molecular weight excluding hydrogens is 845 g/mol. The molecule has 0 aliphatic heterocycles. The number of benzene rings is 2. The first-order valence-corrected chi connectivity index (χ1v) is 21.2. The topological polar surface area (TPSA) is 360 Å². The smallest absolute Gasteiger partial charge is 0.305 e. The molecule has 21 heteroatoms. The van der Waals surface area contributed by atoms with E-state index in [0.29, 0.717) is 28.5 Å². The predicted octanol–water partition coefficient (Wildman–Crippen LogP) is -0.768. The van der Waals surface area contributed by atoms with Crippen molar-refractivity contribution in [3.63, 3.8) is 0 Å². The van der Waals surface area contributed by atoms with Gasteiger partial charge in [0.15, 0.2) is 0 Å². The van der Waals surface area contributed by atoms with Crippen LogP contribution in [0.25, 0.3) is 10.9 Å². The Morgan fingerprint density at radius 3 is 1.80 bits per heavy atom. The summed E-state index contributed by atoms with van der Waals surface area (Å²) in [6.07, 6.45) is -0.0412. The molecule has 65 heavy (non-hydrogen) atoms. The molecule has 0 fully saturated rings. The fourth-order valence-corrected chi connectivity index (χ4v) is 6.67. The van der Waals surface area contributed by atoms with Gasteiger partial charge in [0.1, 0.15) is 42.0 Å². The summed E-state index contributed by atoms with van der Waals surface area (Å²) >= 11 is 0. The number of amides is 8. The van der Waals surface area contributed by atoms with Crippen LogP contribution in [0, 0.1) is 11.8 Å². The van der Waals surface area contributed by atoms with Gasteiger partial charge >= 0.3 is 5.97 Å². The van der Waals surface area contributed by atoms with Crippen LogP contribution in [-0.4, -0.2) is 110 Å². The highest BCUT2D eigenvalue weighted by molar-refractivity contribution is 5.99. The third-order valence-electron chi connectivity index (χ3n) is 10.7. The van der Waals surface area contributed by atoms with Crippen molar-refractivity contribution < 1.29 is 53.4 Å². The largest absolute Gasteiger partial charge is 0.508 e. The number of para-hydroxylation sites is 1. The van der Waals surface area contributed by atoms with Gasteiger partial charge in [-0.3, -0.25) is 43.2 Å². The molecule has 2 aromatic carbocycles. The van der Waals surface area contributed by atoms with Crippen molar-refractivity contribution in [1.82, 2.24) is 36.9 Å². The van der Waals surface area contributed by atoms with Crippen LogP contribution in [-0.2, 0) is 56.0 Å². The number of hydrogen-bond donors (Lipinski definition) is 12. The Bertz CT molecular complexity index is 2200. The van der Waals surface area contributed by atoms with Gasteiger partial charge in [0.25, 0.3) is 0 Å². The Labute approximate surface area is 376 Å². The van der Waals surface area contributed by atoms with Gasteiger partial charge in [-0.1, -0.05) is 64.4 Å². The van der Waals surface area contributed by atoms with Crippen molar-refractivity contribution in [2.75, 3.05) is 0 Å². The number of H-pyrrole nitrogens is 1. The van der Waals surface area contributed by atoms with E-state index in [4.69, 9.17) is 17.2 Å². The summed E-state index contributed by atoms with van der Waals surface area (Å²) in [4.78, 5) is 122. The highest BCUT2D eigenvalue weighted by Crippen LogP contribution is 2.20. The van der Waals surface area contributed by atoms with Crippen molar-refractivity contribution in [1.29, 1.82) is 0 Å². The maximum atomic E-state index is 14.3. The van der Waals surface area contributed by atoms with Gasteiger partial charge in [-0.25, -0.2) is 0 Å². The summed E-state index contributed by atoms with van der Waals surface area (Å²) < 4.78 is 0. The highest BCUT2D eigenvalue weighted by atomic mass is 16.4. The molecule has 0 aliphatic carbocycles. The Balaban J connectivity index is 1.99. The average molecular weight is 907 g/mol. The number of aliphatic carboxylic acids is 1. The lowest BCUT2D eigenvalue weighted by atomic mass is 9.96. The molecule has 0 bridgehead atoms. The Kier molecular flexibility index (Phi) is 19.0. The molecule has 0 saturated carbocycles. The molecule has 21 nitrogen and oxygen atoms in total. The molecule has 0 aliphatic rings. The number of rotatable bonds is 25. The van der Waals surface area contributed by atoms with Gasteiger partial charge in [0.2, 0.25) is 47.3 Å². The predicted molar refractivity (Wildman–Crippen MR) is 238 cm³/mol. The quantitative estimate of drug-likeness (QED) is 0.0499. The second-order valence-electron chi connectivity index (χ2n) is 17.0. The molecule has 1 heterocycles. The van der Waals surface area contributed by atoms with E-state index in [9.17, 15) is 53.4 Å². The number of aromatic amines is 1. The molecule has 0 radical (unpaired) electrons. The van der Waals surface area contributed by atoms with E-state index in [-0.39, 0.29) is 25.0 Å². The number of primary amides is 2.